The molecule has 0 aliphatic carbocycles. The van der Waals surface area contributed by atoms with Gasteiger partial charge in [0.15, 0.2) is 0 Å². The summed E-state index contributed by atoms with van der Waals surface area (Å²) in [4.78, 5) is 16.8. The van der Waals surface area contributed by atoms with Gasteiger partial charge in [0.05, 0.1) is 9.79 Å². The van der Waals surface area contributed by atoms with Gasteiger partial charge in [0, 0.05) is 36.0 Å². The van der Waals surface area contributed by atoms with Crippen LogP contribution in [0.25, 0.3) is 10.9 Å². The number of carbonyl (C=O) groups excluding carboxylic acids is 1. The minimum atomic E-state index is -3.70. The molecule has 29 heavy (non-hydrogen) atoms. The van der Waals surface area contributed by atoms with Gasteiger partial charge < -0.3 is 9.88 Å². The molecule has 0 bridgehead atoms. The monoisotopic (exact) mass is 405 g/mol. The van der Waals surface area contributed by atoms with E-state index >= 15 is 0 Å². The van der Waals surface area contributed by atoms with E-state index in [0.29, 0.717) is 17.4 Å². The molecule has 0 spiro atoms. The smallest absolute Gasteiger partial charge is 0.240 e. The number of rotatable bonds is 6. The van der Waals surface area contributed by atoms with Crippen LogP contribution in [0.15, 0.2) is 95.1 Å². The number of para-hydroxylation sites is 1. The summed E-state index contributed by atoms with van der Waals surface area (Å²) in [6, 6.07) is 19.2. The topological polar surface area (TPSA) is 81.1 Å². The number of hydrogen-bond donors (Lipinski definition) is 1. The fourth-order valence-corrected chi connectivity index (χ4v) is 4.69. The van der Waals surface area contributed by atoms with Crippen molar-refractivity contribution < 1.29 is 13.2 Å². The zero-order valence-electron chi connectivity index (χ0n) is 15.5. The molecule has 7 heteroatoms. The first-order valence-electron chi connectivity index (χ1n) is 9.09. The molecule has 2 aromatic heterocycles. The highest BCUT2D eigenvalue weighted by molar-refractivity contribution is 7.91. The Morgan fingerprint density at radius 2 is 1.62 bits per heavy atom. The van der Waals surface area contributed by atoms with E-state index in [1.165, 1.54) is 0 Å². The van der Waals surface area contributed by atoms with Crippen LogP contribution in [-0.4, -0.2) is 23.9 Å². The maximum atomic E-state index is 13.1. The number of nitrogens with zero attached hydrogens (tertiary/aromatic N) is 2. The predicted molar refractivity (Wildman–Crippen MR) is 110 cm³/mol. The Labute approximate surface area is 168 Å². The van der Waals surface area contributed by atoms with Crippen molar-refractivity contribution >= 4 is 26.6 Å². The van der Waals surface area contributed by atoms with Crippen molar-refractivity contribution in [2.45, 2.75) is 22.9 Å². The Balaban J connectivity index is 1.64. The van der Waals surface area contributed by atoms with E-state index in [1.54, 1.807) is 65.6 Å². The minimum Gasteiger partial charge on any atom is -0.350 e. The van der Waals surface area contributed by atoms with Gasteiger partial charge in [-0.25, -0.2) is 8.42 Å². The maximum absolute atomic E-state index is 13.1. The zero-order valence-corrected chi connectivity index (χ0v) is 16.3. The number of carbonyl (C=O) groups is 1. The summed E-state index contributed by atoms with van der Waals surface area (Å²) in [5, 5.41) is 3.45. The summed E-state index contributed by atoms with van der Waals surface area (Å²) in [6.45, 7) is 0.408. The normalized spacial score (nSPS) is 11.4. The number of fused-ring (bicyclic) bond motifs is 1. The lowest BCUT2D eigenvalue weighted by atomic mass is 10.2. The largest absolute Gasteiger partial charge is 0.350 e. The molecule has 0 aliphatic heterocycles. The average Bonchev–Trinajstić information content (AvgIpc) is 3.13. The highest BCUT2D eigenvalue weighted by Crippen LogP contribution is 2.30. The molecule has 0 saturated heterocycles. The van der Waals surface area contributed by atoms with E-state index in [4.69, 9.17) is 0 Å². The van der Waals surface area contributed by atoms with Crippen molar-refractivity contribution in [3.63, 3.8) is 0 Å². The van der Waals surface area contributed by atoms with Crippen molar-refractivity contribution in [3.05, 3.63) is 90.9 Å². The first-order valence-corrected chi connectivity index (χ1v) is 10.6. The maximum Gasteiger partial charge on any atom is 0.240 e. The van der Waals surface area contributed by atoms with Crippen LogP contribution in [0, 0.1) is 0 Å². The van der Waals surface area contributed by atoms with Crippen molar-refractivity contribution in [1.82, 2.24) is 14.9 Å². The molecule has 0 atom stereocenters. The molecular formula is C22H19N3O3S. The second kappa shape index (κ2) is 7.89. The van der Waals surface area contributed by atoms with Gasteiger partial charge in [-0.2, -0.15) is 0 Å². The molecule has 0 saturated carbocycles. The highest BCUT2D eigenvalue weighted by Gasteiger charge is 2.23. The van der Waals surface area contributed by atoms with Crippen LogP contribution in [0.3, 0.4) is 0 Å². The van der Waals surface area contributed by atoms with Gasteiger partial charge in [-0.1, -0.05) is 36.4 Å². The van der Waals surface area contributed by atoms with Crippen LogP contribution in [0.5, 0.6) is 0 Å². The molecule has 0 radical (unpaired) electrons. The Morgan fingerprint density at radius 1 is 0.931 bits per heavy atom. The van der Waals surface area contributed by atoms with Gasteiger partial charge in [-0.15, -0.1) is 0 Å². The summed E-state index contributed by atoms with van der Waals surface area (Å²) in [7, 11) is -3.70. The van der Waals surface area contributed by atoms with Gasteiger partial charge >= 0.3 is 0 Å². The fourth-order valence-electron chi connectivity index (χ4n) is 3.20. The number of pyridine rings is 1. The van der Waals surface area contributed by atoms with Crippen molar-refractivity contribution in [2.24, 2.45) is 0 Å². The summed E-state index contributed by atoms with van der Waals surface area (Å²) in [5.74, 6) is -0.203. The van der Waals surface area contributed by atoms with Crippen LogP contribution in [0.4, 0.5) is 0 Å². The van der Waals surface area contributed by atoms with Gasteiger partial charge in [-0.3, -0.25) is 9.78 Å². The zero-order chi connectivity index (χ0) is 20.3. The fraction of sp³-hybridized carbons (Fsp3) is 0.0909. The molecule has 0 fully saturated rings. The molecule has 0 unspecified atom stereocenters. The molecule has 4 aromatic rings. The first-order chi connectivity index (χ1) is 14.1. The Bertz CT molecular complexity index is 1250. The standard InChI is InChI=1S/C22H19N3O3S/c26-22(24-14-17-10-12-23-13-11-17)16-25-15-21(19-8-4-5-9-20(19)25)29(27,28)18-6-2-1-3-7-18/h1-13,15H,14,16H2,(H,24,26). The molecule has 6 nitrogen and oxygen atoms in total. The first kappa shape index (κ1) is 18.9. The van der Waals surface area contributed by atoms with Crippen molar-refractivity contribution in [3.8, 4) is 0 Å². The number of amides is 1. The summed E-state index contributed by atoms with van der Waals surface area (Å²) in [6.07, 6.45) is 4.88. The average molecular weight is 405 g/mol. The number of hydrogen-bond acceptors (Lipinski definition) is 4. The third-order valence-electron chi connectivity index (χ3n) is 4.65. The van der Waals surface area contributed by atoms with Crippen LogP contribution in [-0.2, 0) is 27.7 Å². The van der Waals surface area contributed by atoms with E-state index in [1.807, 2.05) is 24.3 Å². The Morgan fingerprint density at radius 3 is 2.38 bits per heavy atom. The lowest BCUT2D eigenvalue weighted by Gasteiger charge is -2.07. The van der Waals surface area contributed by atoms with Gasteiger partial charge in [0.25, 0.3) is 0 Å². The van der Waals surface area contributed by atoms with Gasteiger partial charge in [0.1, 0.15) is 6.54 Å². The Kier molecular flexibility index (Phi) is 5.14. The van der Waals surface area contributed by atoms with E-state index in [9.17, 15) is 13.2 Å². The lowest BCUT2D eigenvalue weighted by Crippen LogP contribution is -2.26. The molecular weight excluding hydrogens is 386 g/mol. The van der Waals surface area contributed by atoms with E-state index in [-0.39, 0.29) is 22.2 Å². The third kappa shape index (κ3) is 3.90. The number of nitrogens with one attached hydrogen (secondary N) is 1. The van der Waals surface area contributed by atoms with E-state index in [2.05, 4.69) is 10.3 Å². The summed E-state index contributed by atoms with van der Waals surface area (Å²) < 4.78 is 27.9. The molecule has 2 aromatic carbocycles. The second-order valence-electron chi connectivity index (χ2n) is 6.59. The number of aromatic nitrogens is 2. The molecule has 1 N–H and O–H groups in total. The highest BCUT2D eigenvalue weighted by atomic mass is 32.2. The third-order valence-corrected chi connectivity index (χ3v) is 6.45. The predicted octanol–water partition coefficient (Wildman–Crippen LogP) is 3.19. The van der Waals surface area contributed by atoms with Gasteiger partial charge in [-0.05, 0) is 35.9 Å². The van der Waals surface area contributed by atoms with Crippen LogP contribution >= 0.6 is 0 Å². The van der Waals surface area contributed by atoms with Crippen LogP contribution in [0.1, 0.15) is 5.56 Å². The van der Waals surface area contributed by atoms with Crippen LogP contribution in [0.2, 0.25) is 0 Å². The van der Waals surface area contributed by atoms with E-state index < -0.39 is 9.84 Å². The van der Waals surface area contributed by atoms with Crippen molar-refractivity contribution in [1.29, 1.82) is 0 Å². The molecule has 4 rings (SSSR count). The van der Waals surface area contributed by atoms with Crippen LogP contribution < -0.4 is 5.32 Å². The SMILES string of the molecule is O=C(Cn1cc(S(=O)(=O)c2ccccc2)c2ccccc21)NCc1ccncc1. The van der Waals surface area contributed by atoms with Gasteiger partial charge in [0.2, 0.25) is 15.7 Å². The summed E-state index contributed by atoms with van der Waals surface area (Å²) >= 11 is 0. The Hall–Kier alpha value is -3.45. The molecule has 2 heterocycles. The lowest BCUT2D eigenvalue weighted by molar-refractivity contribution is -0.121. The molecule has 0 aliphatic rings. The minimum absolute atomic E-state index is 0.0237. The van der Waals surface area contributed by atoms with E-state index in [0.717, 1.165) is 5.56 Å². The number of benzene rings is 2. The molecule has 1 amide bonds. The quantitative estimate of drug-likeness (QED) is 0.534. The summed E-state index contributed by atoms with van der Waals surface area (Å²) in [5.41, 5.74) is 1.64. The second-order valence-corrected chi connectivity index (χ2v) is 8.51. The number of sulfone groups is 1. The van der Waals surface area contributed by atoms with Crippen molar-refractivity contribution in [2.75, 3.05) is 0 Å². The molecule has 146 valence electrons.